The average Bonchev–Trinajstić information content (AvgIpc) is 3.17. The number of thiophene rings is 1. The minimum absolute atomic E-state index is 0. The van der Waals surface area contributed by atoms with Gasteiger partial charge in [0.25, 0.3) is 0 Å². The van der Waals surface area contributed by atoms with Crippen molar-refractivity contribution in [3.05, 3.63) is 47.1 Å². The summed E-state index contributed by atoms with van der Waals surface area (Å²) in [6.07, 6.45) is 0. The second-order valence-corrected chi connectivity index (χ2v) is 8.10. The fourth-order valence-corrected chi connectivity index (χ4v) is 4.64. The van der Waals surface area contributed by atoms with E-state index < -0.39 is 0 Å². The summed E-state index contributed by atoms with van der Waals surface area (Å²) in [6.45, 7) is 5.90. The van der Waals surface area contributed by atoms with E-state index in [4.69, 9.17) is 4.74 Å². The fourth-order valence-electron chi connectivity index (χ4n) is 3.56. The molecule has 1 aromatic heterocycles. The molecule has 2 aliphatic rings. The number of morpholine rings is 1. The first-order valence-corrected chi connectivity index (χ1v) is 10.2. The standard InChI is InChI=1S/C20H24FN3O2S.2ClH/c21-17-4-2-1-3-16(17)19-6-5-15(27-19)13-23-8-10-24(11-9-23)20(25)18-14-26-12-7-22-18;;/h1-6,18,22H,7-14H2;2*1H. The van der Waals surface area contributed by atoms with Gasteiger partial charge in [-0.25, -0.2) is 4.39 Å². The molecule has 0 aliphatic carbocycles. The number of rotatable bonds is 4. The summed E-state index contributed by atoms with van der Waals surface area (Å²) < 4.78 is 19.4. The van der Waals surface area contributed by atoms with E-state index in [0.717, 1.165) is 44.1 Å². The predicted octanol–water partition coefficient (Wildman–Crippen LogP) is 3.03. The minimum atomic E-state index is -0.203. The van der Waals surface area contributed by atoms with Crippen molar-refractivity contribution < 1.29 is 13.9 Å². The van der Waals surface area contributed by atoms with Crippen LogP contribution >= 0.6 is 36.2 Å². The Kier molecular flexibility index (Phi) is 9.33. The number of hydrogen-bond donors (Lipinski definition) is 1. The molecule has 9 heteroatoms. The Labute approximate surface area is 187 Å². The summed E-state index contributed by atoms with van der Waals surface area (Å²) in [5.41, 5.74) is 0.659. The largest absolute Gasteiger partial charge is 0.378 e. The van der Waals surface area contributed by atoms with E-state index in [1.54, 1.807) is 17.4 Å². The quantitative estimate of drug-likeness (QED) is 0.759. The van der Waals surface area contributed by atoms with E-state index in [0.29, 0.717) is 18.8 Å². The topological polar surface area (TPSA) is 44.8 Å². The highest BCUT2D eigenvalue weighted by molar-refractivity contribution is 7.15. The number of nitrogens with one attached hydrogen (secondary N) is 1. The van der Waals surface area contributed by atoms with Gasteiger partial charge in [-0.05, 0) is 18.2 Å². The average molecular weight is 462 g/mol. The van der Waals surface area contributed by atoms with Gasteiger partial charge in [0.2, 0.25) is 5.91 Å². The third-order valence-electron chi connectivity index (χ3n) is 5.08. The lowest BCUT2D eigenvalue weighted by Gasteiger charge is -2.37. The number of carbonyl (C=O) groups excluding carboxylic acids is 1. The van der Waals surface area contributed by atoms with Crippen LogP contribution in [0.4, 0.5) is 4.39 Å². The third kappa shape index (κ3) is 5.90. The van der Waals surface area contributed by atoms with Crippen molar-refractivity contribution in [2.45, 2.75) is 12.6 Å². The molecule has 5 nitrogen and oxygen atoms in total. The molecule has 0 bridgehead atoms. The first kappa shape index (κ1) is 24.1. The molecule has 2 aromatic rings. The van der Waals surface area contributed by atoms with Gasteiger partial charge in [0.15, 0.2) is 0 Å². The number of hydrogen-bond acceptors (Lipinski definition) is 5. The van der Waals surface area contributed by atoms with Crippen LogP contribution in [0.15, 0.2) is 36.4 Å². The van der Waals surface area contributed by atoms with Crippen molar-refractivity contribution in [3.8, 4) is 10.4 Å². The number of carbonyl (C=O) groups is 1. The van der Waals surface area contributed by atoms with Gasteiger partial charge < -0.3 is 15.0 Å². The molecule has 160 valence electrons. The van der Waals surface area contributed by atoms with Crippen molar-refractivity contribution in [2.75, 3.05) is 45.9 Å². The highest BCUT2D eigenvalue weighted by atomic mass is 35.5. The normalized spacial score (nSPS) is 19.9. The van der Waals surface area contributed by atoms with Crippen LogP contribution < -0.4 is 5.32 Å². The van der Waals surface area contributed by atoms with Crippen LogP contribution in [0.2, 0.25) is 0 Å². The summed E-state index contributed by atoms with van der Waals surface area (Å²) >= 11 is 1.63. The molecular weight excluding hydrogens is 436 g/mol. The van der Waals surface area contributed by atoms with Gasteiger partial charge in [0.1, 0.15) is 11.9 Å². The zero-order valence-electron chi connectivity index (χ0n) is 16.0. The van der Waals surface area contributed by atoms with Crippen molar-refractivity contribution in [2.24, 2.45) is 0 Å². The molecule has 0 radical (unpaired) electrons. The maximum Gasteiger partial charge on any atom is 0.242 e. The number of amides is 1. The molecule has 2 saturated heterocycles. The minimum Gasteiger partial charge on any atom is -0.378 e. The number of benzene rings is 1. The van der Waals surface area contributed by atoms with Crippen LogP contribution in [0.5, 0.6) is 0 Å². The first-order valence-electron chi connectivity index (χ1n) is 9.36. The third-order valence-corrected chi connectivity index (χ3v) is 6.19. The molecule has 29 heavy (non-hydrogen) atoms. The van der Waals surface area contributed by atoms with Crippen molar-refractivity contribution >= 4 is 42.1 Å². The summed E-state index contributed by atoms with van der Waals surface area (Å²) in [4.78, 5) is 19.0. The SMILES string of the molecule is Cl.Cl.O=C(C1COCCN1)N1CCN(Cc2ccc(-c3ccccc3F)s2)CC1. The molecule has 2 fully saturated rings. The van der Waals surface area contributed by atoms with E-state index in [1.165, 1.54) is 10.9 Å². The molecule has 3 heterocycles. The van der Waals surface area contributed by atoms with Crippen molar-refractivity contribution in [3.63, 3.8) is 0 Å². The number of halogens is 3. The zero-order valence-corrected chi connectivity index (χ0v) is 18.5. The Hall–Kier alpha value is -1.22. The van der Waals surface area contributed by atoms with E-state index in [1.807, 2.05) is 23.1 Å². The van der Waals surface area contributed by atoms with Gasteiger partial charge >= 0.3 is 0 Å². The maximum atomic E-state index is 14.0. The van der Waals surface area contributed by atoms with Gasteiger partial charge in [-0.1, -0.05) is 18.2 Å². The molecule has 1 aromatic carbocycles. The first-order chi connectivity index (χ1) is 13.2. The van der Waals surface area contributed by atoms with Crippen LogP contribution in [-0.4, -0.2) is 67.7 Å². The highest BCUT2D eigenvalue weighted by Crippen LogP contribution is 2.30. The molecule has 1 N–H and O–H groups in total. The molecule has 1 unspecified atom stereocenters. The van der Waals surface area contributed by atoms with Crippen LogP contribution in [0.3, 0.4) is 0 Å². The molecule has 1 amide bonds. The van der Waals surface area contributed by atoms with E-state index >= 15 is 0 Å². The molecular formula is C20H26Cl2FN3O2S. The van der Waals surface area contributed by atoms with E-state index in [-0.39, 0.29) is 42.6 Å². The van der Waals surface area contributed by atoms with Gasteiger partial charge in [-0.3, -0.25) is 9.69 Å². The number of piperazine rings is 1. The lowest BCUT2D eigenvalue weighted by molar-refractivity contribution is -0.138. The van der Waals surface area contributed by atoms with Crippen LogP contribution in [-0.2, 0) is 16.1 Å². The second kappa shape index (κ2) is 11.2. The number of ether oxygens (including phenoxy) is 1. The van der Waals surface area contributed by atoms with E-state index in [2.05, 4.69) is 16.3 Å². The van der Waals surface area contributed by atoms with E-state index in [9.17, 15) is 9.18 Å². The van der Waals surface area contributed by atoms with Crippen LogP contribution in [0.25, 0.3) is 10.4 Å². The zero-order chi connectivity index (χ0) is 18.6. The monoisotopic (exact) mass is 461 g/mol. The van der Waals surface area contributed by atoms with Gasteiger partial charge in [-0.15, -0.1) is 36.2 Å². The predicted molar refractivity (Wildman–Crippen MR) is 119 cm³/mol. The molecule has 4 rings (SSSR count). The maximum absolute atomic E-state index is 14.0. The second-order valence-electron chi connectivity index (χ2n) is 6.93. The summed E-state index contributed by atoms with van der Waals surface area (Å²) in [5, 5.41) is 3.23. The lowest BCUT2D eigenvalue weighted by atomic mass is 10.2. The molecule has 2 aliphatic heterocycles. The Balaban J connectivity index is 0.00000150. The highest BCUT2D eigenvalue weighted by Gasteiger charge is 2.28. The smallest absolute Gasteiger partial charge is 0.242 e. The Morgan fingerprint density at radius 2 is 1.90 bits per heavy atom. The van der Waals surface area contributed by atoms with Crippen molar-refractivity contribution in [1.82, 2.24) is 15.1 Å². The van der Waals surface area contributed by atoms with Crippen LogP contribution in [0, 0.1) is 5.82 Å². The Bertz CT molecular complexity index is 794. The lowest BCUT2D eigenvalue weighted by Crippen LogP contribution is -2.56. The Morgan fingerprint density at radius 1 is 1.14 bits per heavy atom. The molecule has 0 saturated carbocycles. The summed E-state index contributed by atoms with van der Waals surface area (Å²) in [7, 11) is 0. The summed E-state index contributed by atoms with van der Waals surface area (Å²) in [5.74, 6) is -0.0364. The Morgan fingerprint density at radius 3 is 2.59 bits per heavy atom. The number of nitrogens with zero attached hydrogens (tertiary/aromatic N) is 2. The fraction of sp³-hybridized carbons (Fsp3) is 0.450. The van der Waals surface area contributed by atoms with Gasteiger partial charge in [0, 0.05) is 54.6 Å². The molecule has 1 atom stereocenters. The molecule has 0 spiro atoms. The van der Waals surface area contributed by atoms with Gasteiger partial charge in [-0.2, -0.15) is 0 Å². The van der Waals surface area contributed by atoms with Crippen LogP contribution in [0.1, 0.15) is 4.88 Å². The van der Waals surface area contributed by atoms with Gasteiger partial charge in [0.05, 0.1) is 13.2 Å². The van der Waals surface area contributed by atoms with Crippen molar-refractivity contribution in [1.29, 1.82) is 0 Å². The summed E-state index contributed by atoms with van der Waals surface area (Å²) in [6, 6.07) is 10.8.